The van der Waals surface area contributed by atoms with Crippen LogP contribution in [0.15, 0.2) is 60.3 Å². The van der Waals surface area contributed by atoms with Crippen molar-refractivity contribution in [3.8, 4) is 0 Å². The molecule has 3 saturated heterocycles. The molecule has 232 valence electrons. The predicted octanol–water partition coefficient (Wildman–Crippen LogP) is 6.26. The molecule has 3 fully saturated rings. The van der Waals surface area contributed by atoms with Crippen LogP contribution >= 0.6 is 0 Å². The highest BCUT2D eigenvalue weighted by Gasteiger charge is 2.32. The number of carbonyl (C=O) groups is 2. The maximum absolute atomic E-state index is 13.2. The Hall–Kier alpha value is -2.48. The molecule has 7 nitrogen and oxygen atoms in total. The summed E-state index contributed by atoms with van der Waals surface area (Å²) in [7, 11) is 0. The largest absolute Gasteiger partial charge is 0.457 e. The van der Waals surface area contributed by atoms with Gasteiger partial charge in [-0.15, -0.1) is 0 Å². The van der Waals surface area contributed by atoms with Gasteiger partial charge in [0.2, 0.25) is 5.91 Å². The van der Waals surface area contributed by atoms with Crippen molar-refractivity contribution in [3.05, 3.63) is 60.3 Å². The molecule has 7 unspecified atom stereocenters. The molecule has 0 spiro atoms. The highest BCUT2D eigenvalue weighted by molar-refractivity contribution is 5.77. The second-order valence-corrected chi connectivity index (χ2v) is 12.3. The van der Waals surface area contributed by atoms with Crippen LogP contribution in [-0.4, -0.2) is 73.6 Å². The SMILES string of the molecule is CC=C1CC2CC(=O)OC(C=CC=CC=CCC(=O)N3CCOCC3)C(C)C=CC(C)CC3CCCC(CC(C1)O2)O3. The van der Waals surface area contributed by atoms with Gasteiger partial charge in [-0.1, -0.05) is 68.0 Å². The molecular formula is C35H51NO6. The van der Waals surface area contributed by atoms with E-state index < -0.39 is 0 Å². The van der Waals surface area contributed by atoms with Crippen LogP contribution in [0.3, 0.4) is 0 Å². The minimum atomic E-state index is -0.388. The molecule has 0 N–H and O–H groups in total. The highest BCUT2D eigenvalue weighted by Crippen LogP contribution is 2.33. The fraction of sp³-hybridized carbons (Fsp3) is 0.657. The van der Waals surface area contributed by atoms with E-state index in [1.165, 1.54) is 12.0 Å². The smallest absolute Gasteiger partial charge is 0.309 e. The number of allylic oxidation sites excluding steroid dienone is 6. The average molecular weight is 582 g/mol. The third-order valence-electron chi connectivity index (χ3n) is 8.72. The van der Waals surface area contributed by atoms with E-state index in [0.29, 0.717) is 38.6 Å². The number of esters is 1. The highest BCUT2D eigenvalue weighted by atomic mass is 16.6. The van der Waals surface area contributed by atoms with Crippen molar-refractivity contribution in [1.82, 2.24) is 4.90 Å². The molecule has 4 bridgehead atoms. The molecule has 0 aromatic rings. The van der Waals surface area contributed by atoms with E-state index in [-0.39, 0.29) is 54.7 Å². The Balaban J connectivity index is 1.40. The van der Waals surface area contributed by atoms with Crippen LogP contribution in [0.4, 0.5) is 0 Å². The number of morpholine rings is 1. The van der Waals surface area contributed by atoms with Crippen molar-refractivity contribution in [3.63, 3.8) is 0 Å². The topological polar surface area (TPSA) is 74.3 Å². The summed E-state index contributed by atoms with van der Waals surface area (Å²) < 4.78 is 24.4. The second-order valence-electron chi connectivity index (χ2n) is 12.3. The third kappa shape index (κ3) is 10.7. The van der Waals surface area contributed by atoms with Crippen LogP contribution in [0, 0.1) is 11.8 Å². The maximum Gasteiger partial charge on any atom is 0.309 e. The summed E-state index contributed by atoms with van der Waals surface area (Å²) in [6.07, 6.45) is 25.6. The molecule has 4 aliphatic heterocycles. The monoisotopic (exact) mass is 581 g/mol. The Kier molecular flexibility index (Phi) is 13.1. The molecule has 0 radical (unpaired) electrons. The van der Waals surface area contributed by atoms with Gasteiger partial charge in [0, 0.05) is 31.8 Å². The van der Waals surface area contributed by atoms with Gasteiger partial charge in [-0.05, 0) is 57.4 Å². The molecule has 7 heteroatoms. The quantitative estimate of drug-likeness (QED) is 0.217. The van der Waals surface area contributed by atoms with E-state index in [1.54, 1.807) is 0 Å². The summed E-state index contributed by atoms with van der Waals surface area (Å²) in [4.78, 5) is 27.3. The van der Waals surface area contributed by atoms with Gasteiger partial charge in [-0.2, -0.15) is 0 Å². The van der Waals surface area contributed by atoms with Crippen molar-refractivity contribution in [1.29, 1.82) is 0 Å². The number of hydrogen-bond acceptors (Lipinski definition) is 6. The Morgan fingerprint density at radius 3 is 2.40 bits per heavy atom. The van der Waals surface area contributed by atoms with Gasteiger partial charge in [0.25, 0.3) is 0 Å². The zero-order valence-corrected chi connectivity index (χ0v) is 25.8. The molecular weight excluding hydrogens is 530 g/mol. The minimum Gasteiger partial charge on any atom is -0.457 e. The Morgan fingerprint density at radius 2 is 1.62 bits per heavy atom. The molecule has 7 atom stereocenters. The van der Waals surface area contributed by atoms with E-state index in [0.717, 1.165) is 38.5 Å². The molecule has 0 aromatic carbocycles. The molecule has 4 rings (SSSR count). The summed E-state index contributed by atoms with van der Waals surface area (Å²) in [5.74, 6) is 0.281. The van der Waals surface area contributed by atoms with E-state index in [1.807, 2.05) is 41.4 Å². The zero-order chi connectivity index (χ0) is 29.7. The first-order valence-corrected chi connectivity index (χ1v) is 16.1. The molecule has 4 aliphatic rings. The predicted molar refractivity (Wildman–Crippen MR) is 165 cm³/mol. The number of amides is 1. The summed E-state index contributed by atoms with van der Waals surface area (Å²) in [5.41, 5.74) is 1.35. The lowest BCUT2D eigenvalue weighted by atomic mass is 9.90. The molecule has 4 heterocycles. The molecule has 42 heavy (non-hydrogen) atoms. The first-order valence-electron chi connectivity index (χ1n) is 16.1. The van der Waals surface area contributed by atoms with E-state index in [9.17, 15) is 9.59 Å². The average Bonchev–Trinajstić information content (AvgIpc) is 2.98. The van der Waals surface area contributed by atoms with Gasteiger partial charge in [-0.25, -0.2) is 0 Å². The van der Waals surface area contributed by atoms with Gasteiger partial charge in [0.05, 0.1) is 44.1 Å². The second kappa shape index (κ2) is 17.0. The van der Waals surface area contributed by atoms with Crippen molar-refractivity contribution in [2.45, 2.75) is 109 Å². The van der Waals surface area contributed by atoms with Crippen molar-refractivity contribution in [2.24, 2.45) is 11.8 Å². The lowest BCUT2D eigenvalue weighted by Gasteiger charge is -2.37. The Morgan fingerprint density at radius 1 is 0.905 bits per heavy atom. The van der Waals surface area contributed by atoms with Crippen LogP contribution in [0.2, 0.25) is 0 Å². The Labute approximate surface area is 252 Å². The molecule has 0 aliphatic carbocycles. The van der Waals surface area contributed by atoms with Gasteiger partial charge >= 0.3 is 5.97 Å². The maximum atomic E-state index is 13.2. The first kappa shape index (κ1) is 32.4. The number of hydrogen-bond donors (Lipinski definition) is 0. The van der Waals surface area contributed by atoms with E-state index in [2.05, 4.69) is 39.0 Å². The van der Waals surface area contributed by atoms with Crippen molar-refractivity contribution < 1.29 is 28.5 Å². The number of nitrogens with zero attached hydrogens (tertiary/aromatic N) is 1. The van der Waals surface area contributed by atoms with E-state index in [4.69, 9.17) is 18.9 Å². The summed E-state index contributed by atoms with van der Waals surface area (Å²) in [6, 6.07) is 0. The number of rotatable bonds is 5. The van der Waals surface area contributed by atoms with Gasteiger partial charge in [-0.3, -0.25) is 9.59 Å². The Bertz CT molecular complexity index is 1020. The van der Waals surface area contributed by atoms with Gasteiger partial charge < -0.3 is 23.8 Å². The van der Waals surface area contributed by atoms with E-state index >= 15 is 0 Å². The molecule has 0 saturated carbocycles. The lowest BCUT2D eigenvalue weighted by Crippen LogP contribution is -2.40. The van der Waals surface area contributed by atoms with Crippen LogP contribution in [0.5, 0.6) is 0 Å². The van der Waals surface area contributed by atoms with Crippen LogP contribution in [0.1, 0.15) is 78.6 Å². The fourth-order valence-electron chi connectivity index (χ4n) is 6.32. The van der Waals surface area contributed by atoms with Gasteiger partial charge in [0.1, 0.15) is 6.10 Å². The number of fused-ring (bicyclic) bond motifs is 4. The van der Waals surface area contributed by atoms with Crippen LogP contribution in [-0.2, 0) is 28.5 Å². The number of cyclic esters (lactones) is 1. The standard InChI is InChI=1S/C35H51NO6/c1-4-28-22-31-24-30-12-10-11-29(40-30)21-26(2)15-16-27(3)33(42-35(38)25-32(23-28)41-31)13-8-6-5-7-9-14-34(37)36-17-19-39-20-18-36/h4-9,13,15-16,26-27,29-33H,10-12,14,17-25H2,1-3H3. The number of ether oxygens (including phenoxy) is 4. The van der Waals surface area contributed by atoms with Gasteiger partial charge in [0.15, 0.2) is 0 Å². The zero-order valence-electron chi connectivity index (χ0n) is 25.8. The summed E-state index contributed by atoms with van der Waals surface area (Å²) in [5, 5.41) is 0. The fourth-order valence-corrected chi connectivity index (χ4v) is 6.32. The van der Waals surface area contributed by atoms with Crippen molar-refractivity contribution in [2.75, 3.05) is 26.3 Å². The summed E-state index contributed by atoms with van der Waals surface area (Å²) >= 11 is 0. The lowest BCUT2D eigenvalue weighted by molar-refractivity contribution is -0.154. The van der Waals surface area contributed by atoms with Crippen LogP contribution in [0.25, 0.3) is 0 Å². The third-order valence-corrected chi connectivity index (χ3v) is 8.72. The van der Waals surface area contributed by atoms with Crippen LogP contribution < -0.4 is 0 Å². The normalized spacial score (nSPS) is 34.8. The number of carbonyl (C=O) groups excluding carboxylic acids is 2. The summed E-state index contributed by atoms with van der Waals surface area (Å²) in [6.45, 7) is 8.95. The minimum absolute atomic E-state index is 0.0155. The first-order chi connectivity index (χ1) is 20.4. The van der Waals surface area contributed by atoms with Crippen molar-refractivity contribution >= 4 is 11.9 Å². The molecule has 1 amide bonds. The molecule has 0 aromatic heterocycles.